The molecule has 0 spiro atoms. The molecule has 1 aromatic rings. The van der Waals surface area contributed by atoms with Crippen LogP contribution in [0.2, 0.25) is 0 Å². The maximum atomic E-state index is 10.0. The van der Waals surface area contributed by atoms with Crippen molar-refractivity contribution in [2.45, 2.75) is 25.2 Å². The van der Waals surface area contributed by atoms with E-state index < -0.39 is 12.2 Å². The van der Waals surface area contributed by atoms with Crippen molar-refractivity contribution >= 4 is 12.6 Å². The Balaban J connectivity index is 3.00. The van der Waals surface area contributed by atoms with Gasteiger partial charge in [0.05, 0.1) is 19.8 Å². The molecule has 1 rings (SSSR count). The molecule has 0 heterocycles. The molecule has 0 saturated carbocycles. The van der Waals surface area contributed by atoms with Gasteiger partial charge in [-0.05, 0) is 29.9 Å². The number of hydrogen-bond donors (Lipinski definition) is 4. The molecule has 1 aromatic carbocycles. The highest BCUT2D eigenvalue weighted by Crippen LogP contribution is 2.29. The summed E-state index contributed by atoms with van der Waals surface area (Å²) in [6, 6.07) is 5.00. The number of aliphatic hydroxyl groups is 3. The molecule has 2 atom stereocenters. The number of hydrogen-bond acceptors (Lipinski definition) is 5. The Hall–Kier alpha value is -0.750. The van der Waals surface area contributed by atoms with Gasteiger partial charge >= 0.3 is 0 Å². The summed E-state index contributed by atoms with van der Waals surface area (Å²) in [4.78, 5) is 0. The third-order valence-electron chi connectivity index (χ3n) is 2.58. The molecular formula is C12H18O4S. The molecule has 0 aliphatic heterocycles. The standard InChI is InChI=1S/C12H18O4S/c1-16-11-3-2-8(7-13)6-9(11)12(15)10(14)4-5-17/h2-3,6,10,12-15,17H,4-5,7H2,1H3. The number of thiol groups is 1. The van der Waals surface area contributed by atoms with Crippen LogP contribution < -0.4 is 4.74 Å². The fourth-order valence-corrected chi connectivity index (χ4v) is 1.88. The summed E-state index contributed by atoms with van der Waals surface area (Å²) >= 11 is 4.01. The first kappa shape index (κ1) is 14.3. The van der Waals surface area contributed by atoms with Crippen molar-refractivity contribution in [1.82, 2.24) is 0 Å². The van der Waals surface area contributed by atoms with E-state index in [1.807, 2.05) is 0 Å². The van der Waals surface area contributed by atoms with Gasteiger partial charge in [0.25, 0.3) is 0 Å². The summed E-state index contributed by atoms with van der Waals surface area (Å²) in [5.41, 5.74) is 1.14. The Labute approximate surface area is 106 Å². The van der Waals surface area contributed by atoms with Crippen molar-refractivity contribution in [2.75, 3.05) is 12.9 Å². The van der Waals surface area contributed by atoms with Crippen LogP contribution in [0.25, 0.3) is 0 Å². The maximum Gasteiger partial charge on any atom is 0.124 e. The minimum atomic E-state index is -1.04. The molecule has 96 valence electrons. The lowest BCUT2D eigenvalue weighted by Crippen LogP contribution is -2.19. The Morgan fingerprint density at radius 2 is 2.06 bits per heavy atom. The van der Waals surface area contributed by atoms with E-state index in [4.69, 9.17) is 9.84 Å². The summed E-state index contributed by atoms with van der Waals surface area (Å²) < 4.78 is 5.12. The normalized spacial score (nSPS) is 14.4. The van der Waals surface area contributed by atoms with Crippen LogP contribution in [0.1, 0.15) is 23.7 Å². The van der Waals surface area contributed by atoms with E-state index in [0.717, 1.165) is 0 Å². The number of rotatable bonds is 6. The summed E-state index contributed by atoms with van der Waals surface area (Å²) in [6.07, 6.45) is -1.55. The minimum Gasteiger partial charge on any atom is -0.496 e. The molecule has 0 amide bonds. The second-order valence-electron chi connectivity index (χ2n) is 3.76. The first-order valence-electron chi connectivity index (χ1n) is 5.38. The van der Waals surface area contributed by atoms with Gasteiger partial charge in [0.15, 0.2) is 0 Å². The van der Waals surface area contributed by atoms with Gasteiger partial charge in [-0.3, -0.25) is 0 Å². The Morgan fingerprint density at radius 3 is 2.59 bits per heavy atom. The fourth-order valence-electron chi connectivity index (χ4n) is 1.61. The molecule has 0 aliphatic rings. The third-order valence-corrected chi connectivity index (χ3v) is 2.84. The third kappa shape index (κ3) is 3.61. The summed E-state index contributed by atoms with van der Waals surface area (Å²) in [7, 11) is 1.50. The van der Waals surface area contributed by atoms with E-state index in [-0.39, 0.29) is 6.61 Å². The quantitative estimate of drug-likeness (QED) is 0.572. The number of methoxy groups -OCH3 is 1. The summed E-state index contributed by atoms with van der Waals surface area (Å²) in [6.45, 7) is -0.119. The van der Waals surface area contributed by atoms with Gasteiger partial charge in [-0.25, -0.2) is 0 Å². The van der Waals surface area contributed by atoms with Crippen LogP contribution in [-0.2, 0) is 6.61 Å². The second-order valence-corrected chi connectivity index (χ2v) is 4.21. The van der Waals surface area contributed by atoms with Crippen LogP contribution in [0.5, 0.6) is 5.75 Å². The van der Waals surface area contributed by atoms with Crippen LogP contribution in [0.15, 0.2) is 18.2 Å². The lowest BCUT2D eigenvalue weighted by molar-refractivity contribution is 0.0158. The van der Waals surface area contributed by atoms with Crippen molar-refractivity contribution in [3.63, 3.8) is 0 Å². The van der Waals surface area contributed by atoms with Crippen LogP contribution in [-0.4, -0.2) is 34.3 Å². The SMILES string of the molecule is COc1ccc(CO)cc1C(O)C(O)CCS. The van der Waals surface area contributed by atoms with E-state index in [9.17, 15) is 10.2 Å². The molecule has 0 radical (unpaired) electrons. The largest absolute Gasteiger partial charge is 0.496 e. The molecular weight excluding hydrogens is 240 g/mol. The molecule has 17 heavy (non-hydrogen) atoms. The molecule has 3 N–H and O–H groups in total. The zero-order chi connectivity index (χ0) is 12.8. The van der Waals surface area contributed by atoms with Crippen molar-refractivity contribution in [3.05, 3.63) is 29.3 Å². The van der Waals surface area contributed by atoms with Gasteiger partial charge in [-0.15, -0.1) is 0 Å². The highest BCUT2D eigenvalue weighted by Gasteiger charge is 2.21. The highest BCUT2D eigenvalue weighted by molar-refractivity contribution is 7.80. The van der Waals surface area contributed by atoms with E-state index in [2.05, 4.69) is 12.6 Å². The summed E-state index contributed by atoms with van der Waals surface area (Å²) in [5.74, 6) is 0.980. The van der Waals surface area contributed by atoms with Gasteiger partial charge in [-0.2, -0.15) is 12.6 Å². The van der Waals surface area contributed by atoms with Crippen LogP contribution in [0, 0.1) is 0 Å². The predicted molar refractivity (Wildman–Crippen MR) is 68.4 cm³/mol. The van der Waals surface area contributed by atoms with Crippen molar-refractivity contribution in [2.24, 2.45) is 0 Å². The molecule has 5 heteroatoms. The topological polar surface area (TPSA) is 69.9 Å². The van der Waals surface area contributed by atoms with E-state index in [1.165, 1.54) is 7.11 Å². The second kappa shape index (κ2) is 6.86. The van der Waals surface area contributed by atoms with Crippen molar-refractivity contribution < 1.29 is 20.1 Å². The highest BCUT2D eigenvalue weighted by atomic mass is 32.1. The molecule has 0 bridgehead atoms. The smallest absolute Gasteiger partial charge is 0.124 e. The number of ether oxygens (including phenoxy) is 1. The van der Waals surface area contributed by atoms with Crippen LogP contribution >= 0.6 is 12.6 Å². The Morgan fingerprint density at radius 1 is 1.35 bits per heavy atom. The van der Waals surface area contributed by atoms with Crippen molar-refractivity contribution in [1.29, 1.82) is 0 Å². The lowest BCUT2D eigenvalue weighted by Gasteiger charge is -2.20. The van der Waals surface area contributed by atoms with Gasteiger partial charge in [-0.1, -0.05) is 6.07 Å². The Bertz CT molecular complexity index is 356. The van der Waals surface area contributed by atoms with E-state index in [1.54, 1.807) is 18.2 Å². The van der Waals surface area contributed by atoms with E-state index >= 15 is 0 Å². The molecule has 0 saturated heterocycles. The minimum absolute atomic E-state index is 0.119. The fraction of sp³-hybridized carbons (Fsp3) is 0.500. The molecule has 0 aromatic heterocycles. The summed E-state index contributed by atoms with van der Waals surface area (Å²) in [5, 5.41) is 28.8. The molecule has 4 nitrogen and oxygen atoms in total. The number of aliphatic hydroxyl groups excluding tert-OH is 3. The first-order chi connectivity index (χ1) is 8.13. The zero-order valence-corrected chi connectivity index (χ0v) is 10.6. The van der Waals surface area contributed by atoms with E-state index in [0.29, 0.717) is 29.1 Å². The molecule has 0 aliphatic carbocycles. The molecule has 2 unspecified atom stereocenters. The zero-order valence-electron chi connectivity index (χ0n) is 9.71. The van der Waals surface area contributed by atoms with Gasteiger partial charge in [0, 0.05) is 5.56 Å². The average Bonchev–Trinajstić information content (AvgIpc) is 2.37. The monoisotopic (exact) mass is 258 g/mol. The van der Waals surface area contributed by atoms with Gasteiger partial charge in [0.1, 0.15) is 11.9 Å². The average molecular weight is 258 g/mol. The van der Waals surface area contributed by atoms with Crippen LogP contribution in [0.3, 0.4) is 0 Å². The number of benzene rings is 1. The first-order valence-corrected chi connectivity index (χ1v) is 6.02. The molecule has 0 fully saturated rings. The van der Waals surface area contributed by atoms with Gasteiger partial charge in [0.2, 0.25) is 0 Å². The van der Waals surface area contributed by atoms with Crippen molar-refractivity contribution in [3.8, 4) is 5.75 Å². The Kier molecular flexibility index (Phi) is 5.77. The lowest BCUT2D eigenvalue weighted by atomic mass is 9.99. The predicted octanol–water partition coefficient (Wildman–Crippen LogP) is 0.902. The maximum absolute atomic E-state index is 10.0. The van der Waals surface area contributed by atoms with Crippen LogP contribution in [0.4, 0.5) is 0 Å². The van der Waals surface area contributed by atoms with Gasteiger partial charge < -0.3 is 20.1 Å².